The van der Waals surface area contributed by atoms with Crippen LogP contribution >= 0.6 is 0 Å². The Morgan fingerprint density at radius 1 is 1.24 bits per heavy atom. The monoisotopic (exact) mass is 287 g/mol. The molecule has 0 unspecified atom stereocenters. The lowest BCUT2D eigenvalue weighted by Gasteiger charge is -2.11. The zero-order valence-electron chi connectivity index (χ0n) is 13.4. The molecule has 0 atom stereocenters. The van der Waals surface area contributed by atoms with Gasteiger partial charge in [0.1, 0.15) is 11.5 Å². The molecule has 2 heterocycles. The first-order valence-corrected chi connectivity index (χ1v) is 7.76. The number of hydrogen-bond donors (Lipinski definition) is 1. The van der Waals surface area contributed by atoms with E-state index >= 15 is 0 Å². The molecular weight excluding hydrogens is 262 g/mol. The van der Waals surface area contributed by atoms with Gasteiger partial charge in [0.2, 0.25) is 0 Å². The second-order valence-corrected chi connectivity index (χ2v) is 5.66. The van der Waals surface area contributed by atoms with E-state index in [4.69, 9.17) is 4.98 Å². The summed E-state index contributed by atoms with van der Waals surface area (Å²) in [7, 11) is 0. The smallest absolute Gasteiger partial charge is 0.180 e. The van der Waals surface area contributed by atoms with Crippen molar-refractivity contribution in [3.63, 3.8) is 0 Å². The summed E-state index contributed by atoms with van der Waals surface area (Å²) in [6, 6.07) is 2.06. The summed E-state index contributed by atoms with van der Waals surface area (Å²) in [5, 5.41) is 3.37. The summed E-state index contributed by atoms with van der Waals surface area (Å²) in [6.07, 6.45) is 5.69. The van der Waals surface area contributed by atoms with Crippen LogP contribution in [0.15, 0.2) is 18.6 Å². The molecule has 0 spiro atoms. The van der Waals surface area contributed by atoms with Gasteiger partial charge in [0.25, 0.3) is 0 Å². The van der Waals surface area contributed by atoms with Gasteiger partial charge in [-0.1, -0.05) is 20.8 Å². The van der Waals surface area contributed by atoms with Crippen LogP contribution in [0.3, 0.4) is 0 Å². The molecule has 0 aliphatic carbocycles. The van der Waals surface area contributed by atoms with E-state index in [1.165, 1.54) is 0 Å². The van der Waals surface area contributed by atoms with Gasteiger partial charge in [0.05, 0.1) is 12.5 Å². The van der Waals surface area contributed by atoms with Gasteiger partial charge < -0.3 is 9.88 Å². The maximum atomic E-state index is 4.72. The van der Waals surface area contributed by atoms with Gasteiger partial charge in [0, 0.05) is 24.8 Å². The van der Waals surface area contributed by atoms with E-state index in [2.05, 4.69) is 53.6 Å². The molecule has 0 amide bonds. The van der Waals surface area contributed by atoms with Crippen molar-refractivity contribution >= 4 is 5.82 Å². The number of imidazole rings is 1. The molecule has 0 aliphatic heterocycles. The Morgan fingerprint density at radius 2 is 2.05 bits per heavy atom. The van der Waals surface area contributed by atoms with Crippen molar-refractivity contribution < 1.29 is 0 Å². The Hall–Kier alpha value is -1.91. The number of hydrogen-bond acceptors (Lipinski definition) is 4. The van der Waals surface area contributed by atoms with Crippen LogP contribution in [0.2, 0.25) is 0 Å². The molecule has 114 valence electrons. The van der Waals surface area contributed by atoms with E-state index in [1.807, 2.05) is 12.5 Å². The lowest BCUT2D eigenvalue weighted by molar-refractivity contribution is 0.634. The molecule has 0 saturated carbocycles. The topological polar surface area (TPSA) is 55.6 Å². The Morgan fingerprint density at radius 3 is 2.71 bits per heavy atom. The molecule has 0 radical (unpaired) electrons. The second kappa shape index (κ2) is 7.20. The third-order valence-corrected chi connectivity index (χ3v) is 3.23. The third kappa shape index (κ3) is 4.03. The van der Waals surface area contributed by atoms with Crippen LogP contribution in [0.4, 0.5) is 5.82 Å². The fourth-order valence-electron chi connectivity index (χ4n) is 2.24. The van der Waals surface area contributed by atoms with Crippen LogP contribution < -0.4 is 5.32 Å². The first-order chi connectivity index (χ1) is 10.1. The maximum Gasteiger partial charge on any atom is 0.180 e. The summed E-state index contributed by atoms with van der Waals surface area (Å²) in [4.78, 5) is 13.6. The Kier molecular flexibility index (Phi) is 5.31. The van der Waals surface area contributed by atoms with Crippen LogP contribution in [0.1, 0.15) is 39.8 Å². The highest BCUT2D eigenvalue weighted by Gasteiger charge is 2.11. The fourth-order valence-corrected chi connectivity index (χ4v) is 2.24. The summed E-state index contributed by atoms with van der Waals surface area (Å²) < 4.78 is 2.07. The minimum atomic E-state index is 0.572. The van der Waals surface area contributed by atoms with Gasteiger partial charge in [0.15, 0.2) is 5.82 Å². The predicted octanol–water partition coefficient (Wildman–Crippen LogP) is 3.38. The van der Waals surface area contributed by atoms with Crippen molar-refractivity contribution in [1.82, 2.24) is 19.5 Å². The van der Waals surface area contributed by atoms with Crippen LogP contribution in [0.25, 0.3) is 11.5 Å². The van der Waals surface area contributed by atoms with E-state index in [0.29, 0.717) is 5.92 Å². The summed E-state index contributed by atoms with van der Waals surface area (Å²) in [6.45, 7) is 10.4. The predicted molar refractivity (Wildman–Crippen MR) is 86.2 cm³/mol. The molecule has 2 aromatic heterocycles. The van der Waals surface area contributed by atoms with E-state index in [-0.39, 0.29) is 0 Å². The van der Waals surface area contributed by atoms with Gasteiger partial charge in [-0.15, -0.1) is 0 Å². The third-order valence-electron chi connectivity index (χ3n) is 3.23. The first-order valence-electron chi connectivity index (χ1n) is 7.76. The Labute approximate surface area is 126 Å². The van der Waals surface area contributed by atoms with Crippen molar-refractivity contribution in [2.45, 2.75) is 47.1 Å². The number of anilines is 1. The molecule has 0 saturated heterocycles. The van der Waals surface area contributed by atoms with Gasteiger partial charge in [-0.05, 0) is 25.7 Å². The molecule has 2 aromatic rings. The Balaban J connectivity index is 2.38. The zero-order chi connectivity index (χ0) is 15.2. The van der Waals surface area contributed by atoms with Crippen LogP contribution in [-0.4, -0.2) is 26.1 Å². The number of aromatic nitrogens is 4. The highest BCUT2D eigenvalue weighted by atomic mass is 15.1. The molecule has 0 aliphatic rings. The number of aryl methyl sites for hydroxylation is 1. The highest BCUT2D eigenvalue weighted by molar-refractivity contribution is 5.53. The van der Waals surface area contributed by atoms with E-state index < -0.39 is 0 Å². The van der Waals surface area contributed by atoms with Crippen LogP contribution in [0.5, 0.6) is 0 Å². The maximum absolute atomic E-state index is 4.72. The van der Waals surface area contributed by atoms with E-state index in [0.717, 1.165) is 49.0 Å². The lowest BCUT2D eigenvalue weighted by Crippen LogP contribution is -2.08. The van der Waals surface area contributed by atoms with Crippen LogP contribution in [0, 0.1) is 5.92 Å². The zero-order valence-corrected chi connectivity index (χ0v) is 13.4. The van der Waals surface area contributed by atoms with Crippen LogP contribution in [-0.2, 0) is 13.0 Å². The number of nitrogens with one attached hydrogen (secondary N) is 1. The lowest BCUT2D eigenvalue weighted by atomic mass is 10.1. The SMILES string of the molecule is CCCNc1cc(CC(C)C)nc(-c2cncn2CC)n1. The van der Waals surface area contributed by atoms with Crippen molar-refractivity contribution in [3.05, 3.63) is 24.3 Å². The molecule has 1 N–H and O–H groups in total. The van der Waals surface area contributed by atoms with Gasteiger partial charge in [-0.25, -0.2) is 15.0 Å². The summed E-state index contributed by atoms with van der Waals surface area (Å²) >= 11 is 0. The molecule has 5 heteroatoms. The van der Waals surface area contributed by atoms with Gasteiger partial charge >= 0.3 is 0 Å². The molecular formula is C16H25N5. The number of rotatable bonds is 7. The number of nitrogens with zero attached hydrogens (tertiary/aromatic N) is 4. The Bertz CT molecular complexity index is 574. The summed E-state index contributed by atoms with van der Waals surface area (Å²) in [5.41, 5.74) is 2.06. The van der Waals surface area contributed by atoms with Crippen molar-refractivity contribution in [2.75, 3.05) is 11.9 Å². The average molecular weight is 287 g/mol. The molecule has 0 bridgehead atoms. The molecule has 2 rings (SSSR count). The average Bonchev–Trinajstić information content (AvgIpc) is 2.92. The molecule has 21 heavy (non-hydrogen) atoms. The van der Waals surface area contributed by atoms with Crippen molar-refractivity contribution in [2.24, 2.45) is 5.92 Å². The molecule has 0 aromatic carbocycles. The van der Waals surface area contributed by atoms with Gasteiger partial charge in [-0.2, -0.15) is 0 Å². The van der Waals surface area contributed by atoms with Gasteiger partial charge in [-0.3, -0.25) is 0 Å². The van der Waals surface area contributed by atoms with E-state index in [9.17, 15) is 0 Å². The van der Waals surface area contributed by atoms with Crippen molar-refractivity contribution in [1.29, 1.82) is 0 Å². The first kappa shape index (κ1) is 15.5. The minimum absolute atomic E-state index is 0.572. The second-order valence-electron chi connectivity index (χ2n) is 5.66. The normalized spacial score (nSPS) is 11.1. The quantitative estimate of drug-likeness (QED) is 0.848. The molecule has 5 nitrogen and oxygen atoms in total. The largest absolute Gasteiger partial charge is 0.370 e. The fraction of sp³-hybridized carbons (Fsp3) is 0.562. The van der Waals surface area contributed by atoms with Crippen molar-refractivity contribution in [3.8, 4) is 11.5 Å². The standard InChI is InChI=1S/C16H25N5/c1-5-7-18-15-9-13(8-12(3)4)19-16(20-15)14-10-17-11-21(14)6-2/h9-12H,5-8H2,1-4H3,(H,18,19,20). The highest BCUT2D eigenvalue weighted by Crippen LogP contribution is 2.19. The summed E-state index contributed by atoms with van der Waals surface area (Å²) in [5.74, 6) is 2.23. The minimum Gasteiger partial charge on any atom is -0.370 e. The van der Waals surface area contributed by atoms with E-state index in [1.54, 1.807) is 0 Å². The molecule has 0 fully saturated rings.